The van der Waals surface area contributed by atoms with Crippen molar-refractivity contribution in [3.8, 4) is 0 Å². The van der Waals surface area contributed by atoms with Crippen LogP contribution in [0.25, 0.3) is 0 Å². The molecule has 2 aliphatic rings. The van der Waals surface area contributed by atoms with Gasteiger partial charge in [0.15, 0.2) is 5.78 Å². The van der Waals surface area contributed by atoms with Gasteiger partial charge in [0.2, 0.25) is 11.4 Å². The molecule has 0 spiro atoms. The topological polar surface area (TPSA) is 113 Å². The summed E-state index contributed by atoms with van der Waals surface area (Å²) in [6, 6.07) is -1.29. The Kier molecular flexibility index (Phi) is 4.10. The van der Waals surface area contributed by atoms with Crippen LogP contribution in [0.3, 0.4) is 0 Å². The first-order valence-electron chi connectivity index (χ1n) is 6.99. The maximum absolute atomic E-state index is 12.5. The summed E-state index contributed by atoms with van der Waals surface area (Å²) in [5, 5.41) is 12.6. The molecule has 0 radical (unpaired) electrons. The van der Waals surface area contributed by atoms with E-state index >= 15 is 0 Å². The number of nitrogens with zero attached hydrogens (tertiary/aromatic N) is 1. The highest BCUT2D eigenvalue weighted by Gasteiger charge is 2.57. The Morgan fingerprint density at radius 2 is 2.10 bits per heavy atom. The number of hydrogen-bond donors (Lipinski definition) is 3. The van der Waals surface area contributed by atoms with Gasteiger partial charge < -0.3 is 21.1 Å². The van der Waals surface area contributed by atoms with E-state index in [1.54, 1.807) is 0 Å². The van der Waals surface area contributed by atoms with Gasteiger partial charge in [0, 0.05) is 6.54 Å². The van der Waals surface area contributed by atoms with Crippen molar-refractivity contribution in [3.63, 3.8) is 0 Å². The Morgan fingerprint density at radius 3 is 2.60 bits per heavy atom. The van der Waals surface area contributed by atoms with Crippen LogP contribution in [-0.4, -0.2) is 58.4 Å². The van der Waals surface area contributed by atoms with Crippen molar-refractivity contribution in [1.82, 2.24) is 10.2 Å². The lowest BCUT2D eigenvalue weighted by Gasteiger charge is -2.35. The maximum atomic E-state index is 12.5. The molecule has 7 heteroatoms. The second kappa shape index (κ2) is 5.49. The second-order valence-corrected chi connectivity index (χ2v) is 5.56. The van der Waals surface area contributed by atoms with Gasteiger partial charge in [-0.15, -0.1) is 0 Å². The third kappa shape index (κ3) is 2.20. The number of hydrogen-bond acceptors (Lipinski definition) is 5. The van der Waals surface area contributed by atoms with Gasteiger partial charge in [-0.3, -0.25) is 9.59 Å². The van der Waals surface area contributed by atoms with Gasteiger partial charge in [-0.25, -0.2) is 4.79 Å². The monoisotopic (exact) mass is 283 g/mol. The quantitative estimate of drug-likeness (QED) is 0.576. The van der Waals surface area contributed by atoms with Crippen molar-refractivity contribution in [1.29, 1.82) is 0 Å². The first-order chi connectivity index (χ1) is 9.41. The number of carboxylic acids is 1. The van der Waals surface area contributed by atoms with Crippen molar-refractivity contribution >= 4 is 17.7 Å². The van der Waals surface area contributed by atoms with E-state index in [0.717, 1.165) is 13.0 Å². The minimum absolute atomic E-state index is 0.140. The molecule has 0 aromatic carbocycles. The Balaban J connectivity index is 2.32. The summed E-state index contributed by atoms with van der Waals surface area (Å²) >= 11 is 0. The molecule has 2 saturated heterocycles. The minimum atomic E-state index is -1.78. The molecule has 3 atom stereocenters. The van der Waals surface area contributed by atoms with Crippen molar-refractivity contribution in [3.05, 3.63) is 0 Å². The third-order valence-electron chi connectivity index (χ3n) is 4.18. The van der Waals surface area contributed by atoms with Crippen LogP contribution in [0.5, 0.6) is 0 Å². The molecule has 0 aromatic rings. The number of amides is 1. The number of aliphatic carboxylic acids is 1. The molecule has 7 nitrogen and oxygen atoms in total. The first kappa shape index (κ1) is 14.9. The summed E-state index contributed by atoms with van der Waals surface area (Å²) in [6.07, 6.45) is 2.20. The van der Waals surface area contributed by atoms with E-state index in [4.69, 9.17) is 5.73 Å². The summed E-state index contributed by atoms with van der Waals surface area (Å²) < 4.78 is 0. The molecular formula is C13H21N3O4. The summed E-state index contributed by atoms with van der Waals surface area (Å²) in [7, 11) is 0. The number of rotatable bonds is 4. The van der Waals surface area contributed by atoms with Crippen LogP contribution >= 0.6 is 0 Å². The Labute approximate surface area is 117 Å². The molecule has 112 valence electrons. The van der Waals surface area contributed by atoms with E-state index in [1.807, 2.05) is 0 Å². The highest BCUT2D eigenvalue weighted by Crippen LogP contribution is 2.33. The molecule has 2 fully saturated rings. The molecular weight excluding hydrogens is 262 g/mol. The van der Waals surface area contributed by atoms with Crippen molar-refractivity contribution in [2.24, 2.45) is 5.73 Å². The molecule has 1 amide bonds. The highest BCUT2D eigenvalue weighted by atomic mass is 16.4. The average molecular weight is 283 g/mol. The number of nitrogens with one attached hydrogen (secondary N) is 1. The smallest absolute Gasteiger partial charge is 0.337 e. The predicted octanol–water partition coefficient (Wildman–Crippen LogP) is -0.899. The number of carbonyl (C=O) groups excluding carboxylic acids is 2. The molecule has 2 aliphatic heterocycles. The Bertz CT molecular complexity index is 431. The van der Waals surface area contributed by atoms with E-state index < -0.39 is 23.3 Å². The number of ketones is 1. The van der Waals surface area contributed by atoms with Crippen LogP contribution in [-0.2, 0) is 14.4 Å². The van der Waals surface area contributed by atoms with Gasteiger partial charge in [0.05, 0.1) is 12.1 Å². The summed E-state index contributed by atoms with van der Waals surface area (Å²) in [5.41, 5.74) is 3.81. The minimum Gasteiger partial charge on any atom is -0.479 e. The Morgan fingerprint density at radius 1 is 1.40 bits per heavy atom. The standard InChI is InChI=1S/C13H21N3O4/c1-8(14)10(17)13(12(19)20)5-3-7-16(13)11(18)9-4-2-6-15-9/h8-9,15H,2-7,14H2,1H3,(H,19,20)/t8-,9-,13+/m0/s1. The molecule has 0 aromatic heterocycles. The zero-order valence-electron chi connectivity index (χ0n) is 11.6. The summed E-state index contributed by atoms with van der Waals surface area (Å²) in [6.45, 7) is 2.50. The van der Waals surface area contributed by atoms with E-state index in [9.17, 15) is 19.5 Å². The van der Waals surface area contributed by atoms with E-state index in [2.05, 4.69) is 5.32 Å². The van der Waals surface area contributed by atoms with Gasteiger partial charge >= 0.3 is 5.97 Å². The number of nitrogens with two attached hydrogens (primary N) is 1. The SMILES string of the molecule is C[C@H](N)C(=O)[C@@]1(C(=O)O)CCCN1C(=O)[C@@H]1CCCN1. The lowest BCUT2D eigenvalue weighted by molar-refractivity contribution is -0.162. The fourth-order valence-electron chi connectivity index (χ4n) is 3.16. The molecule has 0 unspecified atom stereocenters. The average Bonchev–Trinajstić information content (AvgIpc) is 3.06. The maximum Gasteiger partial charge on any atom is 0.337 e. The van der Waals surface area contributed by atoms with Crippen molar-refractivity contribution < 1.29 is 19.5 Å². The molecule has 0 saturated carbocycles. The van der Waals surface area contributed by atoms with Crippen molar-refractivity contribution in [2.45, 2.75) is 50.2 Å². The molecule has 2 heterocycles. The second-order valence-electron chi connectivity index (χ2n) is 5.56. The van der Waals surface area contributed by atoms with Gasteiger partial charge in [0.25, 0.3) is 0 Å². The number of Topliss-reactive ketones (excluding diaryl/α,β-unsaturated/α-hetero) is 1. The van der Waals surface area contributed by atoms with E-state index in [-0.39, 0.29) is 18.4 Å². The number of carboxylic acid groups (broad SMARTS) is 1. The first-order valence-corrected chi connectivity index (χ1v) is 6.99. The molecule has 4 N–H and O–H groups in total. The van der Waals surface area contributed by atoms with Crippen LogP contribution in [0.4, 0.5) is 0 Å². The fourth-order valence-corrected chi connectivity index (χ4v) is 3.16. The normalized spacial score (nSPS) is 31.3. The van der Waals surface area contributed by atoms with Crippen LogP contribution in [0.15, 0.2) is 0 Å². The van der Waals surface area contributed by atoms with Crippen LogP contribution in [0, 0.1) is 0 Å². The lowest BCUT2D eigenvalue weighted by Crippen LogP contribution is -2.64. The number of carbonyl (C=O) groups is 3. The predicted molar refractivity (Wildman–Crippen MR) is 71.0 cm³/mol. The van der Waals surface area contributed by atoms with Crippen LogP contribution < -0.4 is 11.1 Å². The van der Waals surface area contributed by atoms with Gasteiger partial charge in [-0.05, 0) is 39.2 Å². The fraction of sp³-hybridized carbons (Fsp3) is 0.769. The number of likely N-dealkylation sites (tertiary alicyclic amines) is 1. The molecule has 0 aliphatic carbocycles. The lowest BCUT2D eigenvalue weighted by atomic mass is 9.87. The largest absolute Gasteiger partial charge is 0.479 e. The zero-order valence-corrected chi connectivity index (χ0v) is 11.6. The van der Waals surface area contributed by atoms with Gasteiger partial charge in [-0.1, -0.05) is 0 Å². The van der Waals surface area contributed by atoms with Crippen LogP contribution in [0.1, 0.15) is 32.6 Å². The molecule has 0 bridgehead atoms. The molecule has 20 heavy (non-hydrogen) atoms. The summed E-state index contributed by atoms with van der Waals surface area (Å²) in [5.74, 6) is -2.16. The van der Waals surface area contributed by atoms with Gasteiger partial charge in [0.1, 0.15) is 0 Å². The Hall–Kier alpha value is -1.47. The van der Waals surface area contributed by atoms with E-state index in [0.29, 0.717) is 19.4 Å². The van der Waals surface area contributed by atoms with E-state index in [1.165, 1.54) is 11.8 Å². The van der Waals surface area contributed by atoms with Gasteiger partial charge in [-0.2, -0.15) is 0 Å². The summed E-state index contributed by atoms with van der Waals surface area (Å²) in [4.78, 5) is 37.8. The third-order valence-corrected chi connectivity index (χ3v) is 4.18. The highest BCUT2D eigenvalue weighted by molar-refractivity contribution is 6.13. The van der Waals surface area contributed by atoms with Crippen LogP contribution in [0.2, 0.25) is 0 Å². The molecule has 2 rings (SSSR count). The van der Waals surface area contributed by atoms with Crippen molar-refractivity contribution in [2.75, 3.05) is 13.1 Å². The zero-order chi connectivity index (χ0) is 14.9.